The van der Waals surface area contributed by atoms with E-state index in [1.807, 2.05) is 6.92 Å². The summed E-state index contributed by atoms with van der Waals surface area (Å²) in [5.74, 6) is 0.900. The maximum absolute atomic E-state index is 11.8. The second-order valence-electron chi connectivity index (χ2n) is 5.83. The van der Waals surface area contributed by atoms with Crippen molar-refractivity contribution in [3.8, 4) is 0 Å². The lowest BCUT2D eigenvalue weighted by atomic mass is 9.81. The van der Waals surface area contributed by atoms with E-state index in [0.717, 1.165) is 19.3 Å². The van der Waals surface area contributed by atoms with Crippen LogP contribution >= 0.6 is 0 Å². The molecule has 2 heteroatoms. The van der Waals surface area contributed by atoms with Gasteiger partial charge in [0.25, 0.3) is 0 Å². The Morgan fingerprint density at radius 1 is 1.35 bits per heavy atom. The van der Waals surface area contributed by atoms with Gasteiger partial charge in [0.05, 0.1) is 5.92 Å². The Morgan fingerprint density at radius 2 is 2.12 bits per heavy atom. The molecule has 1 fully saturated rings. The van der Waals surface area contributed by atoms with E-state index in [2.05, 4.69) is 19.9 Å². The molecule has 0 N–H and O–H groups in total. The van der Waals surface area contributed by atoms with Gasteiger partial charge in [0.15, 0.2) is 0 Å². The molecule has 0 bridgehead atoms. The van der Waals surface area contributed by atoms with Crippen molar-refractivity contribution in [2.45, 2.75) is 46.1 Å². The summed E-state index contributed by atoms with van der Waals surface area (Å²) in [6, 6.07) is 0. The number of ether oxygens (including phenoxy) is 1. The summed E-state index contributed by atoms with van der Waals surface area (Å²) in [5.41, 5.74) is 4.45. The molecule has 1 heterocycles. The van der Waals surface area contributed by atoms with Gasteiger partial charge in [0.2, 0.25) is 0 Å². The zero-order chi connectivity index (χ0) is 12.2. The van der Waals surface area contributed by atoms with Crippen LogP contribution in [0.3, 0.4) is 0 Å². The number of fused-ring (bicyclic) bond motifs is 3. The average molecular weight is 232 g/mol. The molecule has 92 valence electrons. The monoisotopic (exact) mass is 232 g/mol. The van der Waals surface area contributed by atoms with E-state index in [1.54, 1.807) is 0 Å². The quantitative estimate of drug-likeness (QED) is 0.473. The van der Waals surface area contributed by atoms with E-state index in [0.29, 0.717) is 11.8 Å². The third-order valence-electron chi connectivity index (χ3n) is 4.93. The summed E-state index contributed by atoms with van der Waals surface area (Å²) in [6.45, 7) is 6.47. The molecule has 0 radical (unpaired) electrons. The van der Waals surface area contributed by atoms with Gasteiger partial charge in [-0.25, -0.2) is 0 Å². The van der Waals surface area contributed by atoms with Gasteiger partial charge in [-0.1, -0.05) is 29.7 Å². The third kappa shape index (κ3) is 1.50. The Kier molecular flexibility index (Phi) is 2.42. The second kappa shape index (κ2) is 3.72. The predicted molar refractivity (Wildman–Crippen MR) is 66.3 cm³/mol. The molecule has 4 unspecified atom stereocenters. The van der Waals surface area contributed by atoms with Gasteiger partial charge < -0.3 is 4.74 Å². The highest BCUT2D eigenvalue weighted by molar-refractivity contribution is 5.75. The normalized spacial score (nSPS) is 40.6. The van der Waals surface area contributed by atoms with Crippen molar-refractivity contribution in [3.63, 3.8) is 0 Å². The van der Waals surface area contributed by atoms with Crippen molar-refractivity contribution in [3.05, 3.63) is 22.8 Å². The number of hydrogen-bond acceptors (Lipinski definition) is 2. The van der Waals surface area contributed by atoms with Gasteiger partial charge in [0.1, 0.15) is 6.10 Å². The molecule has 0 amide bonds. The molecule has 1 saturated heterocycles. The van der Waals surface area contributed by atoms with Crippen LogP contribution in [0.15, 0.2) is 22.8 Å². The Labute approximate surface area is 103 Å². The average Bonchev–Trinajstić information content (AvgIpc) is 2.75. The minimum absolute atomic E-state index is 0.0126. The van der Waals surface area contributed by atoms with Crippen LogP contribution in [-0.4, -0.2) is 12.1 Å². The summed E-state index contributed by atoms with van der Waals surface area (Å²) in [7, 11) is 0. The highest BCUT2D eigenvalue weighted by Gasteiger charge is 2.48. The van der Waals surface area contributed by atoms with Gasteiger partial charge >= 0.3 is 5.97 Å². The van der Waals surface area contributed by atoms with Crippen molar-refractivity contribution in [2.75, 3.05) is 0 Å². The fourth-order valence-corrected chi connectivity index (χ4v) is 3.76. The zero-order valence-corrected chi connectivity index (χ0v) is 10.8. The second-order valence-corrected chi connectivity index (χ2v) is 5.83. The molecular formula is C15H20O2. The fraction of sp³-hybridized carbons (Fsp3) is 0.667. The first-order valence-corrected chi connectivity index (χ1v) is 6.65. The fourth-order valence-electron chi connectivity index (χ4n) is 3.76. The van der Waals surface area contributed by atoms with Gasteiger partial charge in [-0.15, -0.1) is 0 Å². The van der Waals surface area contributed by atoms with Crippen LogP contribution in [0.5, 0.6) is 0 Å². The molecule has 3 aliphatic rings. The molecule has 0 aromatic rings. The van der Waals surface area contributed by atoms with Crippen LogP contribution in [0.2, 0.25) is 0 Å². The minimum atomic E-state index is 0.0126. The zero-order valence-electron chi connectivity index (χ0n) is 10.8. The van der Waals surface area contributed by atoms with E-state index >= 15 is 0 Å². The Balaban J connectivity index is 2.02. The minimum Gasteiger partial charge on any atom is -0.461 e. The first-order valence-electron chi connectivity index (χ1n) is 6.65. The van der Waals surface area contributed by atoms with Crippen molar-refractivity contribution >= 4 is 5.97 Å². The molecule has 3 rings (SSSR count). The summed E-state index contributed by atoms with van der Waals surface area (Å²) in [6.07, 6.45) is 5.73. The van der Waals surface area contributed by atoms with E-state index in [4.69, 9.17) is 4.74 Å². The van der Waals surface area contributed by atoms with Crippen LogP contribution in [0, 0.1) is 17.8 Å². The van der Waals surface area contributed by atoms with Crippen molar-refractivity contribution in [1.82, 2.24) is 0 Å². The van der Waals surface area contributed by atoms with Crippen LogP contribution in [0.25, 0.3) is 0 Å². The van der Waals surface area contributed by atoms with Crippen molar-refractivity contribution in [1.29, 1.82) is 0 Å². The summed E-state index contributed by atoms with van der Waals surface area (Å²) in [4.78, 5) is 11.8. The number of carbonyl (C=O) groups is 1. The summed E-state index contributed by atoms with van der Waals surface area (Å²) >= 11 is 0. The van der Waals surface area contributed by atoms with Crippen molar-refractivity contribution < 1.29 is 9.53 Å². The third-order valence-corrected chi connectivity index (χ3v) is 4.93. The van der Waals surface area contributed by atoms with Gasteiger partial charge in [0, 0.05) is 11.8 Å². The number of hydrogen-bond donors (Lipinski definition) is 0. The van der Waals surface area contributed by atoms with Gasteiger partial charge in [-0.2, -0.15) is 0 Å². The van der Waals surface area contributed by atoms with Crippen LogP contribution in [0.1, 0.15) is 40.0 Å². The largest absolute Gasteiger partial charge is 0.461 e. The molecule has 1 aliphatic heterocycles. The van der Waals surface area contributed by atoms with Crippen LogP contribution in [0.4, 0.5) is 0 Å². The Morgan fingerprint density at radius 3 is 2.88 bits per heavy atom. The van der Waals surface area contributed by atoms with E-state index in [9.17, 15) is 4.79 Å². The number of allylic oxidation sites excluding steroid dienone is 2. The maximum Gasteiger partial charge on any atom is 0.309 e. The summed E-state index contributed by atoms with van der Waals surface area (Å²) < 4.78 is 5.68. The first-order chi connectivity index (χ1) is 8.09. The standard InChI is InChI=1S/C15H20O2/c1-8-4-7-12-10(3)15(16)17-14(12)13-9(2)5-6-11(8)13/h5,10,12-14H,4,6-7H2,1-3H3. The number of rotatable bonds is 0. The highest BCUT2D eigenvalue weighted by atomic mass is 16.6. The molecule has 0 aromatic heterocycles. The van der Waals surface area contributed by atoms with Gasteiger partial charge in [-0.3, -0.25) is 4.79 Å². The van der Waals surface area contributed by atoms with Crippen LogP contribution < -0.4 is 0 Å². The van der Waals surface area contributed by atoms with Gasteiger partial charge in [-0.05, 0) is 33.1 Å². The molecule has 0 saturated carbocycles. The smallest absolute Gasteiger partial charge is 0.309 e. The highest BCUT2D eigenvalue weighted by Crippen LogP contribution is 2.48. The molecule has 4 atom stereocenters. The molecule has 0 aromatic carbocycles. The molecular weight excluding hydrogens is 212 g/mol. The maximum atomic E-state index is 11.8. The Hall–Kier alpha value is -1.05. The SMILES string of the molecule is CC1=CCC2=C(C)CCC3C(C)C(=O)OC3C12. The van der Waals surface area contributed by atoms with E-state index in [-0.39, 0.29) is 18.0 Å². The number of carbonyl (C=O) groups excluding carboxylic acids is 1. The van der Waals surface area contributed by atoms with E-state index < -0.39 is 0 Å². The molecule has 2 nitrogen and oxygen atoms in total. The summed E-state index contributed by atoms with van der Waals surface area (Å²) in [5, 5.41) is 0. The lowest BCUT2D eigenvalue weighted by Gasteiger charge is -2.25. The number of esters is 1. The van der Waals surface area contributed by atoms with Crippen LogP contribution in [-0.2, 0) is 9.53 Å². The lowest BCUT2D eigenvalue weighted by molar-refractivity contribution is -0.144. The Bertz CT molecular complexity index is 430. The lowest BCUT2D eigenvalue weighted by Crippen LogP contribution is -2.27. The molecule has 2 aliphatic carbocycles. The van der Waals surface area contributed by atoms with E-state index in [1.165, 1.54) is 16.7 Å². The first kappa shape index (κ1) is 11.1. The molecule has 0 spiro atoms. The topological polar surface area (TPSA) is 26.3 Å². The van der Waals surface area contributed by atoms with Crippen molar-refractivity contribution in [2.24, 2.45) is 17.8 Å². The predicted octanol–water partition coefficient (Wildman–Crippen LogP) is 3.24. The molecule has 17 heavy (non-hydrogen) atoms.